The van der Waals surface area contributed by atoms with Gasteiger partial charge in [-0.3, -0.25) is 24.0 Å². The van der Waals surface area contributed by atoms with Crippen LogP contribution in [0.4, 0.5) is 0 Å². The summed E-state index contributed by atoms with van der Waals surface area (Å²) in [4.78, 5) is 68.1. The molecule has 0 spiro atoms. The van der Waals surface area contributed by atoms with Crippen LogP contribution in [0.5, 0.6) is 0 Å². The summed E-state index contributed by atoms with van der Waals surface area (Å²) in [6.07, 6.45) is 5.73. The van der Waals surface area contributed by atoms with Gasteiger partial charge in [0.15, 0.2) is 17.3 Å². The van der Waals surface area contributed by atoms with Gasteiger partial charge >= 0.3 is 7.12 Å². The Bertz CT molecular complexity index is 1850. The summed E-state index contributed by atoms with van der Waals surface area (Å²) in [6, 6.07) is 13.6. The number of amides is 2. The first-order chi connectivity index (χ1) is 29.4. The maximum atomic E-state index is 13.8. The van der Waals surface area contributed by atoms with E-state index >= 15 is 0 Å². The molecule has 4 aliphatic rings. The number of nitrogens with one attached hydrogen (secondary N) is 2. The molecule has 2 aromatic rings. The van der Waals surface area contributed by atoms with Gasteiger partial charge in [0.25, 0.3) is 0 Å². The third-order valence-corrected chi connectivity index (χ3v) is 14.3. The number of aryl methyl sites for hydroxylation is 1. The molecule has 2 amide bonds. The van der Waals surface area contributed by atoms with Crippen molar-refractivity contribution >= 4 is 36.3 Å². The molecule has 12 nitrogen and oxygen atoms in total. The van der Waals surface area contributed by atoms with E-state index in [0.29, 0.717) is 43.2 Å². The third kappa shape index (κ3) is 11.7. The van der Waals surface area contributed by atoms with Gasteiger partial charge in [-0.2, -0.15) is 0 Å². The summed E-state index contributed by atoms with van der Waals surface area (Å²) in [5.74, 6) is -2.94. The van der Waals surface area contributed by atoms with Crippen molar-refractivity contribution in [1.29, 1.82) is 0 Å². The van der Waals surface area contributed by atoms with E-state index < -0.39 is 60.3 Å². The molecule has 340 valence electrons. The zero-order valence-corrected chi connectivity index (χ0v) is 38.3. The molecule has 1 saturated heterocycles. The maximum absolute atomic E-state index is 13.8. The Morgan fingerprint density at radius 3 is 2.06 bits per heavy atom. The van der Waals surface area contributed by atoms with E-state index in [2.05, 4.69) is 62.6 Å². The maximum Gasteiger partial charge on any atom is 0.461 e. The molecular weight excluding hydrogens is 783 g/mol. The van der Waals surface area contributed by atoms with Gasteiger partial charge in [0.05, 0.1) is 23.9 Å². The van der Waals surface area contributed by atoms with Gasteiger partial charge in [-0.15, -0.1) is 0 Å². The Hall–Kier alpha value is -3.75. The lowest BCUT2D eigenvalue weighted by molar-refractivity contribution is -0.199. The number of carbonyl (C=O) groups is 5. The van der Waals surface area contributed by atoms with E-state index in [9.17, 15) is 29.1 Å². The molecule has 1 aliphatic heterocycles. The zero-order valence-electron chi connectivity index (χ0n) is 38.3. The van der Waals surface area contributed by atoms with Crippen LogP contribution in [-0.4, -0.2) is 84.4 Å². The van der Waals surface area contributed by atoms with Crippen LogP contribution in [0.2, 0.25) is 5.82 Å². The molecule has 6 rings (SSSR count). The number of hydrogen-bond donors (Lipinski definition) is 5. The summed E-state index contributed by atoms with van der Waals surface area (Å²) in [5.41, 5.74) is 15.2. The first-order valence-corrected chi connectivity index (χ1v) is 23.2. The Balaban J connectivity index is 1.15. The molecular formula is C49H73BN4O8. The molecule has 1 heterocycles. The number of aliphatic hydroxyl groups is 1. The van der Waals surface area contributed by atoms with Crippen LogP contribution in [0.15, 0.2) is 48.5 Å². The minimum atomic E-state index is -1.32. The first-order valence-electron chi connectivity index (χ1n) is 23.2. The van der Waals surface area contributed by atoms with Crippen LogP contribution in [0, 0.1) is 29.1 Å². The third-order valence-electron chi connectivity index (χ3n) is 14.3. The van der Waals surface area contributed by atoms with Crippen LogP contribution in [-0.2, 0) is 34.9 Å². The van der Waals surface area contributed by atoms with Crippen molar-refractivity contribution in [2.75, 3.05) is 13.1 Å². The summed E-state index contributed by atoms with van der Waals surface area (Å²) in [6.45, 7) is 14.4. The molecule has 0 radical (unpaired) electrons. The monoisotopic (exact) mass is 857 g/mol. The lowest BCUT2D eigenvalue weighted by Crippen LogP contribution is -2.65. The van der Waals surface area contributed by atoms with Crippen molar-refractivity contribution in [3.63, 3.8) is 0 Å². The molecule has 0 aromatic heterocycles. The fraction of sp³-hybridized carbons (Fsp3) is 0.653. The van der Waals surface area contributed by atoms with E-state index in [-0.39, 0.29) is 61.1 Å². The number of Topliss-reactive ketones (excluding diaryl/α,β-unsaturated/α-hetero) is 3. The highest BCUT2D eigenvalue weighted by Crippen LogP contribution is 2.66. The van der Waals surface area contributed by atoms with Crippen molar-refractivity contribution in [2.24, 2.45) is 40.6 Å². The Morgan fingerprint density at radius 1 is 0.806 bits per heavy atom. The smallest absolute Gasteiger partial charge is 0.405 e. The molecule has 2 bridgehead atoms. The topological polar surface area (TPSA) is 200 Å². The van der Waals surface area contributed by atoms with Gasteiger partial charge in [0.2, 0.25) is 11.8 Å². The number of ketones is 3. The predicted octanol–water partition coefficient (Wildman–Crippen LogP) is 6.39. The van der Waals surface area contributed by atoms with Gasteiger partial charge in [-0.05, 0) is 118 Å². The van der Waals surface area contributed by atoms with Crippen LogP contribution in [0.1, 0.15) is 135 Å². The SMILES string of the molecule is CCCCc1ccc(-c2ccc(C(=O)C[C@@H](CCN)C(=O)N[C@H](C(=O)C[C@@H](C)C(=O)N[C@@H](CCCCN)C(=O)C[C@@H](C)B3OC4C[C@@H]5C[C@@H](C5(C)C)[C@]4(C)O3)C(C)O)cc2)cc1. The number of rotatable bonds is 25. The average molecular weight is 857 g/mol. The van der Waals surface area contributed by atoms with E-state index in [1.54, 1.807) is 19.1 Å². The highest BCUT2D eigenvalue weighted by atomic mass is 16.7. The van der Waals surface area contributed by atoms with Gasteiger partial charge in [-0.1, -0.05) is 89.6 Å². The molecule has 62 heavy (non-hydrogen) atoms. The van der Waals surface area contributed by atoms with Crippen molar-refractivity contribution in [2.45, 2.75) is 161 Å². The summed E-state index contributed by atoms with van der Waals surface area (Å²) < 4.78 is 13.1. The van der Waals surface area contributed by atoms with Gasteiger partial charge in [0.1, 0.15) is 6.04 Å². The lowest BCUT2D eigenvalue weighted by atomic mass is 9.43. The van der Waals surface area contributed by atoms with Crippen molar-refractivity contribution in [3.05, 3.63) is 59.7 Å². The second-order valence-corrected chi connectivity index (χ2v) is 19.4. The number of carbonyl (C=O) groups excluding carboxylic acids is 5. The second kappa shape index (κ2) is 21.8. The Kier molecular flexibility index (Phi) is 17.3. The minimum Gasteiger partial charge on any atom is -0.405 e. The molecule has 13 heteroatoms. The van der Waals surface area contributed by atoms with Crippen LogP contribution < -0.4 is 22.1 Å². The molecule has 3 aliphatic carbocycles. The molecule has 7 N–H and O–H groups in total. The van der Waals surface area contributed by atoms with E-state index in [1.807, 2.05) is 19.1 Å². The van der Waals surface area contributed by atoms with Crippen molar-refractivity contribution < 1.29 is 38.4 Å². The summed E-state index contributed by atoms with van der Waals surface area (Å²) in [7, 11) is -0.522. The quantitative estimate of drug-likeness (QED) is 0.0424. The fourth-order valence-corrected chi connectivity index (χ4v) is 10.0. The summed E-state index contributed by atoms with van der Waals surface area (Å²) >= 11 is 0. The molecule has 4 fully saturated rings. The number of aliphatic hydroxyl groups excluding tert-OH is 1. The van der Waals surface area contributed by atoms with E-state index in [0.717, 1.165) is 43.2 Å². The Labute approximate surface area is 369 Å². The van der Waals surface area contributed by atoms with Gasteiger partial charge in [0, 0.05) is 36.7 Å². The first kappa shape index (κ1) is 49.3. The molecule has 3 saturated carbocycles. The predicted molar refractivity (Wildman–Crippen MR) is 243 cm³/mol. The van der Waals surface area contributed by atoms with Crippen molar-refractivity contribution in [3.8, 4) is 11.1 Å². The van der Waals surface area contributed by atoms with E-state index in [4.69, 9.17) is 20.8 Å². The lowest BCUT2D eigenvalue weighted by Gasteiger charge is -2.64. The second-order valence-electron chi connectivity index (χ2n) is 19.4. The fourth-order valence-electron chi connectivity index (χ4n) is 10.0. The average Bonchev–Trinajstić information content (AvgIpc) is 3.61. The summed E-state index contributed by atoms with van der Waals surface area (Å²) in [5, 5.41) is 16.2. The van der Waals surface area contributed by atoms with Gasteiger partial charge < -0.3 is 36.5 Å². The van der Waals surface area contributed by atoms with Crippen molar-refractivity contribution in [1.82, 2.24) is 10.6 Å². The molecule has 10 atom stereocenters. The largest absolute Gasteiger partial charge is 0.461 e. The van der Waals surface area contributed by atoms with Crippen LogP contribution >= 0.6 is 0 Å². The highest BCUT2D eigenvalue weighted by molar-refractivity contribution is 6.47. The van der Waals surface area contributed by atoms with Gasteiger partial charge in [-0.25, -0.2) is 0 Å². The Morgan fingerprint density at radius 2 is 1.47 bits per heavy atom. The standard InChI is InChI=1S/C49H73BN4O8/c1-8-9-12-33-14-16-34(17-15-33)35-18-20-36(21-19-35)40(56)27-37(22-24-52)47(60)54-45(32(4)55)42(58)25-30(2)46(59)53-39(13-10-11-23-51)41(57)26-31(3)50-61-44-29-38-28-43(48(38,5)6)49(44,7)62-50/h14-21,30-32,37-39,43-45,55H,8-13,22-29,51-52H2,1-7H3,(H,53,59)(H,54,60)/t30-,31-,32?,37-,38+,39+,43+,44?,45+,49+/m1/s1. The van der Waals surface area contributed by atoms with E-state index in [1.165, 1.54) is 12.5 Å². The number of nitrogens with two attached hydrogens (primary N) is 2. The number of hydrogen-bond acceptors (Lipinski definition) is 10. The molecule has 2 aromatic carbocycles. The number of unbranched alkanes of at least 4 members (excludes halogenated alkanes) is 2. The minimum absolute atomic E-state index is 0.00270. The number of benzene rings is 2. The van der Waals surface area contributed by atoms with Crippen LogP contribution in [0.3, 0.4) is 0 Å². The van der Waals surface area contributed by atoms with Crippen LogP contribution in [0.25, 0.3) is 11.1 Å². The molecule has 2 unspecified atom stereocenters. The highest BCUT2D eigenvalue weighted by Gasteiger charge is 2.68. The normalized spacial score (nSPS) is 24.1. The zero-order chi connectivity index (χ0) is 45.4.